The second-order valence-corrected chi connectivity index (χ2v) is 18.1. The number of fused-ring (bicyclic) bond motifs is 14. The summed E-state index contributed by atoms with van der Waals surface area (Å²) in [6, 6.07) is 77.2. The van der Waals surface area contributed by atoms with Crippen LogP contribution in [0.15, 0.2) is 221 Å². The zero-order chi connectivity index (χ0) is 43.3. The molecule has 4 heterocycles. The molecular formula is C62H38N2O2. The predicted octanol–water partition coefficient (Wildman–Crippen LogP) is 17.0. The zero-order valence-electron chi connectivity index (χ0n) is 35.9. The minimum Gasteiger partial charge on any atom is -0.456 e. The first-order chi connectivity index (χ1) is 32.6. The number of hydrogen-bond acceptors (Lipinski definition) is 3. The molecule has 1 unspecified atom stereocenters. The van der Waals surface area contributed by atoms with Gasteiger partial charge < -0.3 is 18.3 Å². The largest absolute Gasteiger partial charge is 0.456 e. The summed E-state index contributed by atoms with van der Waals surface area (Å²) < 4.78 is 15.7. The van der Waals surface area contributed by atoms with Gasteiger partial charge in [0.15, 0.2) is 0 Å². The Morgan fingerprint density at radius 1 is 0.364 bits per heavy atom. The average Bonchev–Trinajstić information content (AvgIpc) is 4.12. The van der Waals surface area contributed by atoms with Crippen LogP contribution in [-0.4, -0.2) is 4.57 Å². The molecule has 0 spiro atoms. The summed E-state index contributed by atoms with van der Waals surface area (Å²) in [5.74, 6) is 0. The van der Waals surface area contributed by atoms with Crippen LogP contribution in [0, 0.1) is 0 Å². The number of nitrogens with zero attached hydrogens (tertiary/aromatic N) is 2. The van der Waals surface area contributed by atoms with Crippen LogP contribution in [-0.2, 0) is 5.41 Å². The number of benzene rings is 10. The lowest BCUT2D eigenvalue weighted by Gasteiger charge is -2.42. The fraction of sp³-hybridized carbons (Fsp3) is 0.0323. The number of rotatable bonds is 4. The fourth-order valence-corrected chi connectivity index (χ4v) is 12.0. The molecule has 1 atom stereocenters. The van der Waals surface area contributed by atoms with E-state index in [9.17, 15) is 0 Å². The first-order valence-corrected chi connectivity index (χ1v) is 22.8. The number of anilines is 3. The van der Waals surface area contributed by atoms with Gasteiger partial charge >= 0.3 is 0 Å². The Balaban J connectivity index is 0.990. The summed E-state index contributed by atoms with van der Waals surface area (Å²) in [4.78, 5) is 2.51. The van der Waals surface area contributed by atoms with E-state index < -0.39 is 0 Å². The van der Waals surface area contributed by atoms with E-state index >= 15 is 0 Å². The monoisotopic (exact) mass is 842 g/mol. The lowest BCUT2D eigenvalue weighted by Crippen LogP contribution is -2.32. The van der Waals surface area contributed by atoms with E-state index in [1.807, 2.05) is 6.07 Å². The second kappa shape index (κ2) is 13.0. The maximum atomic E-state index is 6.82. The molecule has 0 fully saturated rings. The fourth-order valence-electron chi connectivity index (χ4n) is 12.0. The maximum absolute atomic E-state index is 6.82. The third-order valence-corrected chi connectivity index (χ3v) is 14.8. The van der Waals surface area contributed by atoms with Gasteiger partial charge in [0.1, 0.15) is 22.3 Å². The molecule has 10 aromatic carbocycles. The Kier molecular flexibility index (Phi) is 7.05. The highest BCUT2D eigenvalue weighted by molar-refractivity contribution is 6.19. The van der Waals surface area contributed by atoms with Gasteiger partial charge in [0.25, 0.3) is 0 Å². The smallest absolute Gasteiger partial charge is 0.137 e. The summed E-state index contributed by atoms with van der Waals surface area (Å²) in [5, 5.41) is 6.79. The first-order valence-electron chi connectivity index (χ1n) is 22.8. The van der Waals surface area contributed by atoms with Crippen LogP contribution in [0.25, 0.3) is 105 Å². The van der Waals surface area contributed by atoms with Crippen molar-refractivity contribution in [2.45, 2.75) is 12.3 Å². The van der Waals surface area contributed by atoms with Crippen LogP contribution in [0.3, 0.4) is 0 Å². The Bertz CT molecular complexity index is 4210. The molecule has 0 amide bonds. The molecule has 66 heavy (non-hydrogen) atoms. The topological polar surface area (TPSA) is 34.5 Å². The normalized spacial score (nSPS) is 15.1. The van der Waals surface area contributed by atoms with Crippen molar-refractivity contribution in [3.63, 3.8) is 0 Å². The van der Waals surface area contributed by atoms with Crippen molar-refractivity contribution in [3.05, 3.63) is 229 Å². The summed E-state index contributed by atoms with van der Waals surface area (Å²) >= 11 is 0. The van der Waals surface area contributed by atoms with E-state index in [0.717, 1.165) is 77.4 Å². The first kappa shape index (κ1) is 35.8. The Hall–Kier alpha value is -8.60. The van der Waals surface area contributed by atoms with Crippen LogP contribution >= 0.6 is 0 Å². The van der Waals surface area contributed by atoms with Gasteiger partial charge in [-0.1, -0.05) is 146 Å². The molecule has 1 aliphatic carbocycles. The third-order valence-electron chi connectivity index (χ3n) is 14.8. The van der Waals surface area contributed by atoms with E-state index in [2.05, 4.69) is 223 Å². The van der Waals surface area contributed by atoms with Crippen molar-refractivity contribution in [1.29, 1.82) is 0 Å². The van der Waals surface area contributed by atoms with Crippen molar-refractivity contribution < 1.29 is 8.83 Å². The Morgan fingerprint density at radius 2 is 0.985 bits per heavy atom. The minimum atomic E-state index is -0.358. The number of aromatic nitrogens is 1. The molecule has 0 saturated heterocycles. The molecule has 308 valence electrons. The number of furan rings is 2. The summed E-state index contributed by atoms with van der Waals surface area (Å²) in [6.07, 6.45) is 0. The number of hydrogen-bond donors (Lipinski definition) is 0. The zero-order valence-corrected chi connectivity index (χ0v) is 35.9. The molecule has 4 nitrogen and oxygen atoms in total. The van der Waals surface area contributed by atoms with Gasteiger partial charge in [-0.2, -0.15) is 0 Å². The van der Waals surface area contributed by atoms with Crippen molar-refractivity contribution >= 4 is 82.7 Å². The Morgan fingerprint density at radius 3 is 1.86 bits per heavy atom. The third kappa shape index (κ3) is 4.62. The lowest BCUT2D eigenvalue weighted by atomic mass is 9.70. The molecule has 0 bridgehead atoms. The van der Waals surface area contributed by atoms with E-state index in [1.54, 1.807) is 0 Å². The standard InChI is InChI=1S/C62H38N2O2/c1-62-47-23-8-5-17-41(47)43-21-12-27-53(60(43)62)63(50-33-31-38(36-48(50)62)37-15-3-2-4-16-37)51-25-13-30-57-59(51)46-35-39(32-34-55(46)66-57)40-20-11-22-44-42-18-6-9-24-49(42)64(61(40)44)52-26-14-29-56-58(52)45-19-7-10-28-54(45)65-56/h2-36H,1H3. The van der Waals surface area contributed by atoms with Crippen LogP contribution in [0.2, 0.25) is 0 Å². The molecular weight excluding hydrogens is 805 g/mol. The summed E-state index contributed by atoms with van der Waals surface area (Å²) in [5.41, 5.74) is 21.2. The maximum Gasteiger partial charge on any atom is 0.137 e. The average molecular weight is 843 g/mol. The lowest BCUT2D eigenvalue weighted by molar-refractivity contribution is 0.668. The quantitative estimate of drug-likeness (QED) is 0.177. The van der Waals surface area contributed by atoms with Crippen molar-refractivity contribution in [3.8, 4) is 39.1 Å². The van der Waals surface area contributed by atoms with Crippen LogP contribution in [0.4, 0.5) is 17.1 Å². The summed E-state index contributed by atoms with van der Waals surface area (Å²) in [7, 11) is 0. The highest BCUT2D eigenvalue weighted by atomic mass is 16.3. The SMILES string of the molecule is CC12c3ccccc3-c3cccc(c31)N(c1cccc3oc4ccc(-c5cccc6c7ccccc7n(-c7cccc8oc9ccccc9c78)c56)cc4c13)c1ccc(-c3ccccc3)cc12. The van der Waals surface area contributed by atoms with Crippen LogP contribution in [0.5, 0.6) is 0 Å². The molecule has 2 aliphatic rings. The molecule has 0 saturated carbocycles. The van der Waals surface area contributed by atoms with Gasteiger partial charge in [0.05, 0.1) is 44.6 Å². The molecule has 15 rings (SSSR count). The summed E-state index contributed by atoms with van der Waals surface area (Å²) in [6.45, 7) is 2.43. The van der Waals surface area contributed by atoms with Crippen molar-refractivity contribution in [1.82, 2.24) is 4.57 Å². The van der Waals surface area contributed by atoms with Gasteiger partial charge in [-0.3, -0.25) is 0 Å². The molecule has 13 aromatic rings. The molecule has 0 N–H and O–H groups in total. The minimum absolute atomic E-state index is 0.358. The predicted molar refractivity (Wildman–Crippen MR) is 272 cm³/mol. The molecule has 3 aromatic heterocycles. The molecule has 0 radical (unpaired) electrons. The Labute approximate surface area is 379 Å². The van der Waals surface area contributed by atoms with E-state index in [4.69, 9.17) is 8.83 Å². The van der Waals surface area contributed by atoms with E-state index in [1.165, 1.54) is 61.1 Å². The second-order valence-electron chi connectivity index (χ2n) is 18.1. The van der Waals surface area contributed by atoms with Crippen LogP contribution < -0.4 is 4.90 Å². The van der Waals surface area contributed by atoms with Gasteiger partial charge in [-0.05, 0) is 118 Å². The number of para-hydroxylation sites is 3. The highest BCUT2D eigenvalue weighted by Gasteiger charge is 2.48. The van der Waals surface area contributed by atoms with Crippen molar-refractivity contribution in [2.24, 2.45) is 0 Å². The van der Waals surface area contributed by atoms with Crippen molar-refractivity contribution in [2.75, 3.05) is 4.90 Å². The van der Waals surface area contributed by atoms with Crippen LogP contribution in [0.1, 0.15) is 23.6 Å². The van der Waals surface area contributed by atoms with Gasteiger partial charge in [0.2, 0.25) is 0 Å². The van der Waals surface area contributed by atoms with E-state index in [0.29, 0.717) is 0 Å². The molecule has 4 heteroatoms. The van der Waals surface area contributed by atoms with E-state index in [-0.39, 0.29) is 5.41 Å². The van der Waals surface area contributed by atoms with Gasteiger partial charge in [-0.15, -0.1) is 0 Å². The van der Waals surface area contributed by atoms with Gasteiger partial charge in [-0.25, -0.2) is 0 Å². The molecule has 1 aliphatic heterocycles. The highest BCUT2D eigenvalue weighted by Crippen LogP contribution is 2.63. The van der Waals surface area contributed by atoms with Gasteiger partial charge in [0, 0.05) is 32.5 Å².